The third-order valence-corrected chi connectivity index (χ3v) is 1.67. The Kier molecular flexibility index (Phi) is 6.95. The number of rotatable bonds is 9. The van der Waals surface area contributed by atoms with Crippen LogP contribution < -0.4 is 0 Å². The van der Waals surface area contributed by atoms with Crippen molar-refractivity contribution in [3.05, 3.63) is 0 Å². The van der Waals surface area contributed by atoms with Crippen LogP contribution in [-0.2, 0) is 18.9 Å². The van der Waals surface area contributed by atoms with Gasteiger partial charge < -0.3 is 34.6 Å². The SMILES string of the molecule is CCOC(O)(OC)C(O)(OCO)OCCO. The first-order valence-electron chi connectivity index (χ1n) is 4.63. The molecule has 0 rings (SSSR count). The van der Waals surface area contributed by atoms with Gasteiger partial charge in [-0.05, 0) is 6.92 Å². The van der Waals surface area contributed by atoms with Crippen molar-refractivity contribution in [1.29, 1.82) is 0 Å². The zero-order valence-corrected chi connectivity index (χ0v) is 9.25. The molecule has 0 aromatic heterocycles. The molecule has 0 fully saturated rings. The summed E-state index contributed by atoms with van der Waals surface area (Å²) < 4.78 is 18.3. The Morgan fingerprint density at radius 3 is 2.00 bits per heavy atom. The van der Waals surface area contributed by atoms with E-state index >= 15 is 0 Å². The largest absolute Gasteiger partial charge is 0.394 e. The molecule has 8 nitrogen and oxygen atoms in total. The maximum atomic E-state index is 9.78. The van der Waals surface area contributed by atoms with Crippen molar-refractivity contribution in [1.82, 2.24) is 0 Å². The lowest BCUT2D eigenvalue weighted by Gasteiger charge is -2.38. The molecule has 16 heavy (non-hydrogen) atoms. The van der Waals surface area contributed by atoms with Gasteiger partial charge in [0.1, 0.15) is 6.79 Å². The molecule has 0 radical (unpaired) electrons. The highest BCUT2D eigenvalue weighted by Crippen LogP contribution is 2.27. The molecule has 2 atom stereocenters. The maximum Gasteiger partial charge on any atom is 0.369 e. The average Bonchev–Trinajstić information content (AvgIpc) is 2.26. The summed E-state index contributed by atoms with van der Waals surface area (Å²) in [6.45, 7) is -0.196. The predicted molar refractivity (Wildman–Crippen MR) is 49.7 cm³/mol. The van der Waals surface area contributed by atoms with Gasteiger partial charge in [-0.3, -0.25) is 4.74 Å². The van der Waals surface area contributed by atoms with E-state index in [1.807, 2.05) is 0 Å². The molecule has 98 valence electrons. The predicted octanol–water partition coefficient (Wildman–Crippen LogP) is -2.06. The van der Waals surface area contributed by atoms with Gasteiger partial charge >= 0.3 is 11.9 Å². The lowest BCUT2D eigenvalue weighted by Crippen LogP contribution is -2.61. The van der Waals surface area contributed by atoms with Crippen LogP contribution in [0, 0.1) is 0 Å². The molecule has 0 spiro atoms. The zero-order chi connectivity index (χ0) is 12.7. The van der Waals surface area contributed by atoms with Crippen molar-refractivity contribution in [2.24, 2.45) is 0 Å². The Bertz CT molecular complexity index is 189. The minimum Gasteiger partial charge on any atom is -0.394 e. The van der Waals surface area contributed by atoms with E-state index in [0.29, 0.717) is 0 Å². The maximum absolute atomic E-state index is 9.78. The summed E-state index contributed by atoms with van der Waals surface area (Å²) in [5.41, 5.74) is 0. The van der Waals surface area contributed by atoms with Gasteiger partial charge in [0.15, 0.2) is 0 Å². The highest BCUT2D eigenvalue weighted by molar-refractivity contribution is 4.68. The molecule has 0 aliphatic rings. The minimum absolute atomic E-state index is 0.01000. The second-order valence-corrected chi connectivity index (χ2v) is 2.65. The van der Waals surface area contributed by atoms with Crippen LogP contribution in [0.2, 0.25) is 0 Å². The number of hydrogen-bond acceptors (Lipinski definition) is 8. The zero-order valence-electron chi connectivity index (χ0n) is 9.25. The average molecular weight is 242 g/mol. The van der Waals surface area contributed by atoms with Gasteiger partial charge in [0.25, 0.3) is 0 Å². The summed E-state index contributed by atoms with van der Waals surface area (Å²) >= 11 is 0. The van der Waals surface area contributed by atoms with Gasteiger partial charge in [-0.1, -0.05) is 0 Å². The molecule has 8 heteroatoms. The molecule has 0 heterocycles. The monoisotopic (exact) mass is 242 g/mol. The number of aliphatic hydroxyl groups is 4. The summed E-state index contributed by atoms with van der Waals surface area (Å²) in [5, 5.41) is 36.7. The quantitative estimate of drug-likeness (QED) is 0.341. The van der Waals surface area contributed by atoms with Crippen molar-refractivity contribution in [3.63, 3.8) is 0 Å². The van der Waals surface area contributed by atoms with Crippen LogP contribution >= 0.6 is 0 Å². The number of hydrogen-bond donors (Lipinski definition) is 4. The molecule has 2 unspecified atom stereocenters. The van der Waals surface area contributed by atoms with E-state index in [1.54, 1.807) is 0 Å². The van der Waals surface area contributed by atoms with Gasteiger partial charge in [-0.2, -0.15) is 0 Å². The first kappa shape index (κ1) is 15.7. The van der Waals surface area contributed by atoms with Crippen LogP contribution in [0.25, 0.3) is 0 Å². The molecule has 0 bridgehead atoms. The van der Waals surface area contributed by atoms with Crippen LogP contribution in [-0.4, -0.2) is 66.1 Å². The van der Waals surface area contributed by atoms with Gasteiger partial charge in [0, 0.05) is 13.7 Å². The van der Waals surface area contributed by atoms with E-state index in [4.69, 9.17) is 14.9 Å². The number of aliphatic hydroxyl groups excluding tert-OH is 2. The van der Waals surface area contributed by atoms with Gasteiger partial charge in [-0.15, -0.1) is 0 Å². The van der Waals surface area contributed by atoms with E-state index in [0.717, 1.165) is 7.11 Å². The topological polar surface area (TPSA) is 118 Å². The van der Waals surface area contributed by atoms with Crippen LogP contribution in [0.15, 0.2) is 0 Å². The Morgan fingerprint density at radius 2 is 1.62 bits per heavy atom. The number of ether oxygens (including phenoxy) is 4. The van der Waals surface area contributed by atoms with Crippen molar-refractivity contribution >= 4 is 0 Å². The van der Waals surface area contributed by atoms with Gasteiger partial charge in [-0.25, -0.2) is 0 Å². The van der Waals surface area contributed by atoms with E-state index in [-0.39, 0.29) is 13.2 Å². The first-order valence-corrected chi connectivity index (χ1v) is 4.63. The van der Waals surface area contributed by atoms with E-state index in [1.165, 1.54) is 6.92 Å². The van der Waals surface area contributed by atoms with Crippen molar-refractivity contribution < 1.29 is 39.4 Å². The fourth-order valence-corrected chi connectivity index (χ4v) is 0.970. The van der Waals surface area contributed by atoms with Crippen LogP contribution in [0.3, 0.4) is 0 Å². The van der Waals surface area contributed by atoms with Crippen LogP contribution in [0.5, 0.6) is 0 Å². The smallest absolute Gasteiger partial charge is 0.369 e. The lowest BCUT2D eigenvalue weighted by atomic mass is 10.4. The van der Waals surface area contributed by atoms with Crippen molar-refractivity contribution in [2.75, 3.05) is 33.7 Å². The molecular weight excluding hydrogens is 224 g/mol. The number of methoxy groups -OCH3 is 1. The minimum atomic E-state index is -2.74. The highest BCUT2D eigenvalue weighted by Gasteiger charge is 2.55. The normalized spacial score (nSPS) is 19.1. The Morgan fingerprint density at radius 1 is 1.00 bits per heavy atom. The molecule has 0 aliphatic carbocycles. The van der Waals surface area contributed by atoms with E-state index < -0.39 is 25.3 Å². The molecular formula is C8H18O8. The van der Waals surface area contributed by atoms with Crippen molar-refractivity contribution in [3.8, 4) is 0 Å². The van der Waals surface area contributed by atoms with E-state index in [2.05, 4.69) is 14.2 Å². The van der Waals surface area contributed by atoms with Gasteiger partial charge in [0.2, 0.25) is 0 Å². The summed E-state index contributed by atoms with van der Waals surface area (Å²) in [7, 11) is 1.05. The third kappa shape index (κ3) is 3.61. The highest BCUT2D eigenvalue weighted by atomic mass is 16.9. The van der Waals surface area contributed by atoms with Crippen LogP contribution in [0.4, 0.5) is 0 Å². The summed E-state index contributed by atoms with van der Waals surface area (Å²) in [6, 6.07) is 0. The molecule has 4 N–H and O–H groups in total. The molecule has 0 saturated heterocycles. The second-order valence-electron chi connectivity index (χ2n) is 2.65. The Labute approximate surface area is 92.9 Å². The summed E-state index contributed by atoms with van der Waals surface area (Å²) in [4.78, 5) is 0. The molecule has 0 aliphatic heterocycles. The molecule has 0 aromatic carbocycles. The second kappa shape index (κ2) is 7.09. The van der Waals surface area contributed by atoms with Crippen LogP contribution in [0.1, 0.15) is 6.92 Å². The standard InChI is InChI=1S/C8H18O8/c1-3-14-7(11,13-2)8(12,16-6-10)15-5-4-9/h9-12H,3-6H2,1-2H3. The summed E-state index contributed by atoms with van der Waals surface area (Å²) in [5.74, 6) is -5.35. The lowest BCUT2D eigenvalue weighted by molar-refractivity contribution is -0.547. The molecule has 0 amide bonds. The van der Waals surface area contributed by atoms with E-state index in [9.17, 15) is 10.2 Å². The van der Waals surface area contributed by atoms with Gasteiger partial charge in [0.05, 0.1) is 13.2 Å². The first-order chi connectivity index (χ1) is 7.49. The van der Waals surface area contributed by atoms with Crippen molar-refractivity contribution in [2.45, 2.75) is 18.9 Å². The Hall–Kier alpha value is -0.320. The third-order valence-electron chi connectivity index (χ3n) is 1.67. The fourth-order valence-electron chi connectivity index (χ4n) is 0.970. The Balaban J connectivity index is 4.80. The fraction of sp³-hybridized carbons (Fsp3) is 1.00. The summed E-state index contributed by atoms with van der Waals surface area (Å²) in [6.07, 6.45) is 0. The molecule has 0 saturated carbocycles. The molecule has 0 aromatic rings.